The maximum atomic E-state index is 5.85. The van der Waals surface area contributed by atoms with Crippen molar-refractivity contribution >= 4 is 0 Å². The summed E-state index contributed by atoms with van der Waals surface area (Å²) in [4.78, 5) is 0. The van der Waals surface area contributed by atoms with Crippen molar-refractivity contribution in [2.24, 2.45) is 29.0 Å². The van der Waals surface area contributed by atoms with Crippen LogP contribution in [-0.4, -0.2) is 6.54 Å². The minimum Gasteiger partial charge on any atom is -0.402 e. The molecule has 0 spiro atoms. The van der Waals surface area contributed by atoms with E-state index in [9.17, 15) is 0 Å². The summed E-state index contributed by atoms with van der Waals surface area (Å²) in [6, 6.07) is 9.59. The van der Waals surface area contributed by atoms with Gasteiger partial charge >= 0.3 is 29.6 Å². The van der Waals surface area contributed by atoms with E-state index in [-0.39, 0.29) is 35.7 Å². The number of rotatable bonds is 8. The molecular formula is C23H33N4Na. The third kappa shape index (κ3) is 9.09. The van der Waals surface area contributed by atoms with Gasteiger partial charge in [-0.1, -0.05) is 49.9 Å². The topological polar surface area (TPSA) is 90.1 Å². The summed E-state index contributed by atoms with van der Waals surface area (Å²) in [7, 11) is 0. The molecule has 2 unspecified atom stereocenters. The Morgan fingerprint density at radius 3 is 2.25 bits per heavy atom. The van der Waals surface area contributed by atoms with E-state index in [4.69, 9.17) is 17.2 Å². The molecule has 0 heterocycles. The second-order valence-electron chi connectivity index (χ2n) is 6.64. The van der Waals surface area contributed by atoms with Crippen LogP contribution in [0, 0.1) is 17.9 Å². The van der Waals surface area contributed by atoms with Gasteiger partial charge < -0.3 is 22.5 Å². The molecule has 0 bridgehead atoms. The van der Waals surface area contributed by atoms with Crippen LogP contribution in [0.25, 0.3) is 0 Å². The van der Waals surface area contributed by atoms with Crippen molar-refractivity contribution in [3.8, 4) is 0 Å². The second kappa shape index (κ2) is 14.4. The van der Waals surface area contributed by atoms with Crippen LogP contribution in [0.3, 0.4) is 0 Å². The van der Waals surface area contributed by atoms with Crippen LogP contribution in [0.1, 0.15) is 31.0 Å². The first-order chi connectivity index (χ1) is 12.9. The fourth-order valence-electron chi connectivity index (χ4n) is 3.16. The minimum absolute atomic E-state index is 0. The Hall–Kier alpha value is -1.56. The molecule has 1 aliphatic rings. The fraction of sp³-hybridized carbons (Fsp3) is 0.304. The summed E-state index contributed by atoms with van der Waals surface area (Å²) in [5.41, 5.74) is 20.4. The summed E-state index contributed by atoms with van der Waals surface area (Å²) >= 11 is 0. The molecule has 0 aromatic heterocycles. The van der Waals surface area contributed by atoms with Gasteiger partial charge in [0.25, 0.3) is 0 Å². The second-order valence-corrected chi connectivity index (χ2v) is 6.64. The number of hydrogen-bond donors (Lipinski definition) is 4. The van der Waals surface area contributed by atoms with Gasteiger partial charge in [0.1, 0.15) is 0 Å². The Balaban J connectivity index is 0.000000614. The number of nitrogens with one attached hydrogen (secondary N) is 1. The van der Waals surface area contributed by atoms with Crippen molar-refractivity contribution in [2.75, 3.05) is 6.54 Å². The monoisotopic (exact) mass is 388 g/mol. The van der Waals surface area contributed by atoms with E-state index in [1.807, 2.05) is 36.4 Å². The van der Waals surface area contributed by atoms with E-state index >= 15 is 0 Å². The molecule has 7 N–H and O–H groups in total. The molecule has 2 atom stereocenters. The molecule has 2 rings (SSSR count). The van der Waals surface area contributed by atoms with Crippen LogP contribution in [0.5, 0.6) is 0 Å². The van der Waals surface area contributed by atoms with Gasteiger partial charge in [-0.25, -0.2) is 11.6 Å². The van der Waals surface area contributed by atoms with Gasteiger partial charge in [-0.15, -0.1) is 6.58 Å². The van der Waals surface area contributed by atoms with Gasteiger partial charge in [0.05, 0.1) is 6.17 Å². The van der Waals surface area contributed by atoms with Gasteiger partial charge in [0.15, 0.2) is 0 Å². The molecule has 1 aliphatic carbocycles. The van der Waals surface area contributed by atoms with Crippen molar-refractivity contribution in [3.63, 3.8) is 0 Å². The number of allylic oxidation sites excluding steroid dienone is 4. The maximum absolute atomic E-state index is 5.85. The molecule has 1 aromatic carbocycles. The van der Waals surface area contributed by atoms with Crippen LogP contribution >= 0.6 is 0 Å². The summed E-state index contributed by atoms with van der Waals surface area (Å²) in [5.74, 6) is 0.766. The van der Waals surface area contributed by atoms with Gasteiger partial charge in [-0.2, -0.15) is 12.7 Å². The van der Waals surface area contributed by atoms with Crippen LogP contribution in [-0.2, 0) is 0 Å². The number of nitrogens with two attached hydrogens (primary N) is 3. The van der Waals surface area contributed by atoms with E-state index in [1.165, 1.54) is 6.42 Å². The Bertz CT molecular complexity index is 664. The Morgan fingerprint density at radius 1 is 1.18 bits per heavy atom. The van der Waals surface area contributed by atoms with Gasteiger partial charge in [-0.3, -0.25) is 6.08 Å². The average molecular weight is 389 g/mol. The molecule has 1 saturated carbocycles. The maximum Gasteiger partial charge on any atom is 1.00 e. The predicted molar refractivity (Wildman–Crippen MR) is 116 cm³/mol. The summed E-state index contributed by atoms with van der Waals surface area (Å²) < 4.78 is 0. The largest absolute Gasteiger partial charge is 1.00 e. The summed E-state index contributed by atoms with van der Waals surface area (Å²) in [5, 5.41) is 3.34. The number of benzene rings is 1. The standard InChI is InChI=1S/C16H23N2.C7H10N2.Na/c1-5-8-14(6-2)11-18-13(4)16-10-7-9-15(16)12(3)17;8-7(9)6-4-2-1-3-5-6;/h5,8,15-16,18H,1-4,7,9-11,17H2;1-5,7H,8-9H2;/q-1;;+1/b14-8+;;. The molecule has 0 radical (unpaired) electrons. The van der Waals surface area contributed by atoms with Gasteiger partial charge in [-0.05, 0) is 18.4 Å². The van der Waals surface area contributed by atoms with Crippen LogP contribution in [0.15, 0.2) is 85.8 Å². The quantitative estimate of drug-likeness (QED) is 0.228. The van der Waals surface area contributed by atoms with Crippen molar-refractivity contribution in [2.45, 2.75) is 25.4 Å². The zero-order valence-electron chi connectivity index (χ0n) is 17.2. The van der Waals surface area contributed by atoms with Crippen LogP contribution in [0.2, 0.25) is 0 Å². The molecule has 0 aliphatic heterocycles. The smallest absolute Gasteiger partial charge is 0.402 e. The number of hydrogen-bond acceptors (Lipinski definition) is 4. The van der Waals surface area contributed by atoms with E-state index < -0.39 is 0 Å². The zero-order chi connectivity index (χ0) is 20.2. The molecule has 5 heteroatoms. The SMILES string of the molecule is C=[C-]/C(=C\C=C)CNC(=C)C1CCCC1C(=C)N.NC(N)c1ccccc1.[Na+]. The Kier molecular flexibility index (Phi) is 13.6. The fourth-order valence-corrected chi connectivity index (χ4v) is 3.16. The molecular weight excluding hydrogens is 355 g/mol. The van der Waals surface area contributed by atoms with Crippen LogP contribution < -0.4 is 52.1 Å². The molecule has 1 fully saturated rings. The third-order valence-electron chi connectivity index (χ3n) is 4.68. The third-order valence-corrected chi connectivity index (χ3v) is 4.68. The molecule has 0 saturated heterocycles. The molecule has 1 aromatic rings. The molecule has 28 heavy (non-hydrogen) atoms. The average Bonchev–Trinajstić information content (AvgIpc) is 3.16. The first kappa shape index (κ1) is 26.4. The summed E-state index contributed by atoms with van der Waals surface area (Å²) in [6.07, 6.45) is 9.59. The van der Waals surface area contributed by atoms with Crippen molar-refractivity contribution in [3.05, 3.63) is 97.4 Å². The van der Waals surface area contributed by atoms with Crippen molar-refractivity contribution in [1.82, 2.24) is 5.32 Å². The Labute approximate surface area is 192 Å². The first-order valence-electron chi connectivity index (χ1n) is 9.18. The molecule has 4 nitrogen and oxygen atoms in total. The van der Waals surface area contributed by atoms with Crippen molar-refractivity contribution < 1.29 is 29.6 Å². The van der Waals surface area contributed by atoms with Gasteiger partial charge in [0.2, 0.25) is 0 Å². The predicted octanol–water partition coefficient (Wildman–Crippen LogP) is 0.687. The Morgan fingerprint density at radius 2 is 1.79 bits per heavy atom. The van der Waals surface area contributed by atoms with E-state index in [0.29, 0.717) is 18.4 Å². The van der Waals surface area contributed by atoms with Gasteiger partial charge in [0, 0.05) is 29.8 Å². The van der Waals surface area contributed by atoms with Crippen molar-refractivity contribution in [1.29, 1.82) is 0 Å². The first-order valence-corrected chi connectivity index (χ1v) is 9.18. The minimum atomic E-state index is -0.341. The summed E-state index contributed by atoms with van der Waals surface area (Å²) in [6.45, 7) is 16.0. The normalized spacial score (nSPS) is 18.3. The van der Waals surface area contributed by atoms with E-state index in [1.54, 1.807) is 6.08 Å². The van der Waals surface area contributed by atoms with E-state index in [0.717, 1.165) is 35.4 Å². The zero-order valence-corrected chi connectivity index (χ0v) is 19.2. The van der Waals surface area contributed by atoms with Crippen LogP contribution in [0.4, 0.5) is 0 Å². The van der Waals surface area contributed by atoms with E-state index in [2.05, 4.69) is 37.7 Å². The molecule has 146 valence electrons. The molecule has 0 amide bonds.